The molecule has 186 valence electrons. The lowest BCUT2D eigenvalue weighted by Crippen LogP contribution is -2.16. The fourth-order valence-electron chi connectivity index (χ4n) is 2.94. The zero-order valence-corrected chi connectivity index (χ0v) is 21.6. The van der Waals surface area contributed by atoms with Crippen LogP contribution in [0.5, 0.6) is 5.75 Å². The summed E-state index contributed by atoms with van der Waals surface area (Å²) >= 11 is 8.54. The van der Waals surface area contributed by atoms with Gasteiger partial charge in [-0.15, -0.1) is 28.1 Å². The van der Waals surface area contributed by atoms with Gasteiger partial charge in [-0.05, 0) is 37.6 Å². The summed E-state index contributed by atoms with van der Waals surface area (Å²) in [6, 6.07) is 5.59. The molecule has 0 saturated heterocycles. The summed E-state index contributed by atoms with van der Waals surface area (Å²) in [7, 11) is 0. The summed E-state index contributed by atoms with van der Waals surface area (Å²) in [6.07, 6.45) is 2.41. The highest BCUT2D eigenvalue weighted by Gasteiger charge is 2.20. The highest BCUT2D eigenvalue weighted by atomic mass is 35.5. The van der Waals surface area contributed by atoms with Crippen LogP contribution >= 0.6 is 34.7 Å². The first-order valence-electron chi connectivity index (χ1n) is 10.7. The van der Waals surface area contributed by atoms with Gasteiger partial charge in [0.2, 0.25) is 5.91 Å². The Morgan fingerprint density at radius 3 is 2.80 bits per heavy atom. The number of nitrogens with zero attached hydrogens (tertiary/aromatic N) is 3. The van der Waals surface area contributed by atoms with Crippen LogP contribution in [-0.4, -0.2) is 39.0 Å². The molecule has 0 radical (unpaired) electrons. The lowest BCUT2D eigenvalue weighted by atomic mass is 10.2. The van der Waals surface area contributed by atoms with Crippen LogP contribution < -0.4 is 10.1 Å². The van der Waals surface area contributed by atoms with E-state index in [1.807, 2.05) is 6.92 Å². The van der Waals surface area contributed by atoms with E-state index in [2.05, 4.69) is 22.1 Å². The number of aryl methyl sites for hydroxylation is 1. The molecule has 2 aromatic heterocycles. The van der Waals surface area contributed by atoms with Crippen molar-refractivity contribution in [3.05, 3.63) is 64.0 Å². The number of benzene rings is 1. The maximum atomic E-state index is 13.2. The molecule has 1 N–H and O–H groups in total. The van der Waals surface area contributed by atoms with Gasteiger partial charge in [-0.25, -0.2) is 9.18 Å². The molecule has 1 amide bonds. The molecule has 0 saturated carbocycles. The van der Waals surface area contributed by atoms with Crippen molar-refractivity contribution >= 4 is 51.6 Å². The molecule has 8 nitrogen and oxygen atoms in total. The number of carbonyl (C=O) groups excluding carboxylic acids is 2. The lowest BCUT2D eigenvalue weighted by Gasteiger charge is -2.10. The molecular weight excluding hydrogens is 515 g/mol. The van der Waals surface area contributed by atoms with E-state index in [9.17, 15) is 14.0 Å². The molecule has 0 atom stereocenters. The van der Waals surface area contributed by atoms with Gasteiger partial charge >= 0.3 is 5.97 Å². The molecule has 1 aromatic carbocycles. The van der Waals surface area contributed by atoms with E-state index in [-0.39, 0.29) is 29.9 Å². The molecule has 0 aliphatic carbocycles. The average molecular weight is 539 g/mol. The van der Waals surface area contributed by atoms with Crippen LogP contribution in [0.1, 0.15) is 34.9 Å². The second kappa shape index (κ2) is 12.7. The highest BCUT2D eigenvalue weighted by Crippen LogP contribution is 2.30. The molecule has 0 spiro atoms. The maximum absolute atomic E-state index is 13.2. The van der Waals surface area contributed by atoms with E-state index in [1.54, 1.807) is 23.6 Å². The molecule has 2 heterocycles. The Kier molecular flexibility index (Phi) is 9.70. The van der Waals surface area contributed by atoms with Gasteiger partial charge < -0.3 is 14.8 Å². The SMILES string of the molecule is C=CCn1c(COc2ccc(F)cc2Cl)nnc1SCC(=O)Nc1sc(CC)cc1C(=O)OCC. The molecule has 0 unspecified atom stereocenters. The number of allylic oxidation sites excluding steroid dienone is 1. The molecule has 12 heteroatoms. The van der Waals surface area contributed by atoms with E-state index in [4.69, 9.17) is 21.1 Å². The minimum atomic E-state index is -0.469. The number of nitrogens with one attached hydrogen (secondary N) is 1. The first kappa shape index (κ1) is 26.7. The number of aromatic nitrogens is 3. The van der Waals surface area contributed by atoms with Gasteiger partial charge in [0.15, 0.2) is 11.0 Å². The summed E-state index contributed by atoms with van der Waals surface area (Å²) in [5.41, 5.74) is 0.348. The predicted molar refractivity (Wildman–Crippen MR) is 135 cm³/mol. The Balaban J connectivity index is 1.66. The quantitative estimate of drug-likeness (QED) is 0.188. The van der Waals surface area contributed by atoms with Crippen molar-refractivity contribution in [3.63, 3.8) is 0 Å². The van der Waals surface area contributed by atoms with Gasteiger partial charge in [-0.2, -0.15) is 0 Å². The van der Waals surface area contributed by atoms with Gasteiger partial charge in [0.25, 0.3) is 0 Å². The third-order valence-electron chi connectivity index (χ3n) is 4.57. The number of anilines is 1. The van der Waals surface area contributed by atoms with Crippen LogP contribution in [0, 0.1) is 5.82 Å². The number of esters is 1. The monoisotopic (exact) mass is 538 g/mol. The summed E-state index contributed by atoms with van der Waals surface area (Å²) in [5.74, 6) is -0.381. The molecule has 3 aromatic rings. The molecule has 35 heavy (non-hydrogen) atoms. The molecule has 0 bridgehead atoms. The van der Waals surface area contributed by atoms with Crippen molar-refractivity contribution in [1.82, 2.24) is 14.8 Å². The summed E-state index contributed by atoms with van der Waals surface area (Å²) in [5, 5.41) is 12.2. The average Bonchev–Trinajstić information content (AvgIpc) is 3.41. The first-order valence-corrected chi connectivity index (χ1v) is 12.9. The largest absolute Gasteiger partial charge is 0.484 e. The van der Waals surface area contributed by atoms with Crippen molar-refractivity contribution < 1.29 is 23.5 Å². The van der Waals surface area contributed by atoms with Crippen molar-refractivity contribution in [1.29, 1.82) is 0 Å². The van der Waals surface area contributed by atoms with E-state index in [0.717, 1.165) is 17.4 Å². The summed E-state index contributed by atoms with van der Waals surface area (Å²) in [6.45, 7) is 8.13. The van der Waals surface area contributed by atoms with Gasteiger partial charge in [-0.3, -0.25) is 9.36 Å². The van der Waals surface area contributed by atoms with E-state index in [0.29, 0.717) is 33.8 Å². The highest BCUT2D eigenvalue weighted by molar-refractivity contribution is 7.99. The van der Waals surface area contributed by atoms with Crippen LogP contribution in [-0.2, 0) is 29.1 Å². The number of carbonyl (C=O) groups is 2. The van der Waals surface area contributed by atoms with Crippen LogP contribution in [0.4, 0.5) is 9.39 Å². The predicted octanol–water partition coefficient (Wildman–Crippen LogP) is 5.37. The van der Waals surface area contributed by atoms with Crippen LogP contribution in [0.3, 0.4) is 0 Å². The van der Waals surface area contributed by atoms with Crippen molar-refractivity contribution in [2.45, 2.75) is 38.6 Å². The maximum Gasteiger partial charge on any atom is 0.341 e. The van der Waals surface area contributed by atoms with Gasteiger partial charge in [0.05, 0.1) is 22.9 Å². The van der Waals surface area contributed by atoms with Crippen LogP contribution in [0.15, 0.2) is 42.1 Å². The number of amides is 1. The normalized spacial score (nSPS) is 10.7. The third kappa shape index (κ3) is 7.06. The minimum Gasteiger partial charge on any atom is -0.484 e. The minimum absolute atomic E-state index is 0.0385. The molecular formula is C23H24ClFN4O4S2. The third-order valence-corrected chi connectivity index (χ3v) is 7.02. The number of hydrogen-bond acceptors (Lipinski definition) is 8. The number of thiophene rings is 1. The van der Waals surface area contributed by atoms with Crippen molar-refractivity contribution in [2.75, 3.05) is 17.7 Å². The first-order chi connectivity index (χ1) is 16.9. The van der Waals surface area contributed by atoms with Crippen molar-refractivity contribution in [2.24, 2.45) is 0 Å². The zero-order chi connectivity index (χ0) is 25.4. The second-order valence-electron chi connectivity index (χ2n) is 7.03. The lowest BCUT2D eigenvalue weighted by molar-refractivity contribution is -0.113. The Bertz CT molecular complexity index is 1210. The number of halogens is 2. The summed E-state index contributed by atoms with van der Waals surface area (Å²) < 4.78 is 25.8. The number of ether oxygens (including phenoxy) is 2. The second-order valence-corrected chi connectivity index (χ2v) is 9.51. The van der Waals surface area contributed by atoms with Gasteiger partial charge in [-0.1, -0.05) is 36.4 Å². The standard InChI is InChI=1S/C23H24ClFN4O4S2/c1-4-9-29-19(12-33-18-8-7-14(25)10-17(18)24)27-28-23(29)34-13-20(30)26-21-16(22(31)32-6-3)11-15(5-2)35-21/h4,7-8,10-11H,1,5-6,9,12-13H2,2-3H3,(H,26,30). The Morgan fingerprint density at radius 2 is 2.11 bits per heavy atom. The van der Waals surface area contributed by atoms with Crippen LogP contribution in [0.2, 0.25) is 5.02 Å². The number of rotatable bonds is 12. The van der Waals surface area contributed by atoms with E-state index in [1.165, 1.54) is 35.2 Å². The summed E-state index contributed by atoms with van der Waals surface area (Å²) in [4.78, 5) is 25.8. The Morgan fingerprint density at radius 1 is 1.31 bits per heavy atom. The molecule has 0 aliphatic heterocycles. The van der Waals surface area contributed by atoms with Gasteiger partial charge in [0.1, 0.15) is 23.2 Å². The molecule has 0 aliphatic rings. The van der Waals surface area contributed by atoms with E-state index < -0.39 is 11.8 Å². The number of thioether (sulfide) groups is 1. The smallest absolute Gasteiger partial charge is 0.341 e. The van der Waals surface area contributed by atoms with Crippen LogP contribution in [0.25, 0.3) is 0 Å². The molecule has 0 fully saturated rings. The fraction of sp³-hybridized carbons (Fsp3) is 0.304. The Hall–Kier alpha value is -2.89. The Labute approximate surface area is 215 Å². The zero-order valence-electron chi connectivity index (χ0n) is 19.2. The van der Waals surface area contributed by atoms with E-state index >= 15 is 0 Å². The van der Waals surface area contributed by atoms with Crippen molar-refractivity contribution in [3.8, 4) is 5.75 Å². The van der Waals surface area contributed by atoms with Gasteiger partial charge in [0, 0.05) is 11.4 Å². The molecule has 3 rings (SSSR count). The number of hydrogen-bond donors (Lipinski definition) is 1. The topological polar surface area (TPSA) is 95.3 Å². The fourth-order valence-corrected chi connectivity index (χ4v) is 4.93.